The third-order valence-electron chi connectivity index (χ3n) is 3.51. The second-order valence-corrected chi connectivity index (χ2v) is 6.63. The molecule has 8 heteroatoms. The summed E-state index contributed by atoms with van der Waals surface area (Å²) in [5.41, 5.74) is 2.88. The molecule has 7 nitrogen and oxygen atoms in total. The van der Waals surface area contributed by atoms with Crippen LogP contribution in [0.4, 0.5) is 5.69 Å². The van der Waals surface area contributed by atoms with Crippen LogP contribution < -0.4 is 10.1 Å². The third-order valence-corrected chi connectivity index (χ3v) is 3.92. The van der Waals surface area contributed by atoms with E-state index in [2.05, 4.69) is 37.5 Å². The number of nitrogens with zero attached hydrogens (tertiary/aromatic N) is 4. The van der Waals surface area contributed by atoms with Crippen LogP contribution in [0.2, 0.25) is 0 Å². The van der Waals surface area contributed by atoms with Crippen molar-refractivity contribution in [2.75, 3.05) is 5.32 Å². The Morgan fingerprint density at radius 3 is 2.72 bits per heavy atom. The van der Waals surface area contributed by atoms with Gasteiger partial charge < -0.3 is 10.1 Å². The van der Waals surface area contributed by atoms with Crippen LogP contribution >= 0.6 is 15.9 Å². The van der Waals surface area contributed by atoms with Crippen molar-refractivity contribution >= 4 is 27.5 Å². The van der Waals surface area contributed by atoms with E-state index in [9.17, 15) is 4.79 Å². The quantitative estimate of drug-likeness (QED) is 0.685. The van der Waals surface area contributed by atoms with Gasteiger partial charge in [-0.05, 0) is 41.4 Å². The van der Waals surface area contributed by atoms with Crippen molar-refractivity contribution in [3.63, 3.8) is 0 Å². The Hall–Kier alpha value is -2.61. The lowest BCUT2D eigenvalue weighted by molar-refractivity contribution is -0.116. The maximum absolute atomic E-state index is 12.0. The van der Waals surface area contributed by atoms with Crippen LogP contribution in [0.25, 0.3) is 0 Å². The molecule has 3 aromatic rings. The molecule has 25 heavy (non-hydrogen) atoms. The van der Waals surface area contributed by atoms with Crippen molar-refractivity contribution < 1.29 is 9.53 Å². The number of hydrogen-bond acceptors (Lipinski definition) is 4. The lowest BCUT2D eigenvalue weighted by atomic mass is 10.1. The Labute approximate surface area is 153 Å². The van der Waals surface area contributed by atoms with Gasteiger partial charge in [-0.3, -0.25) is 9.48 Å². The minimum absolute atomic E-state index is 0.135. The maximum Gasteiger partial charge on any atom is 0.246 e. The number of rotatable bonds is 6. The molecule has 2 heterocycles. The first kappa shape index (κ1) is 17.2. The van der Waals surface area contributed by atoms with Crippen molar-refractivity contribution in [1.29, 1.82) is 0 Å². The minimum atomic E-state index is -0.176. The number of hydrogen-bond donors (Lipinski definition) is 1. The second kappa shape index (κ2) is 7.52. The highest BCUT2D eigenvalue weighted by atomic mass is 79.9. The van der Waals surface area contributed by atoms with Gasteiger partial charge in [0.15, 0.2) is 6.73 Å². The molecule has 0 saturated carbocycles. The number of amides is 1. The van der Waals surface area contributed by atoms with E-state index in [4.69, 9.17) is 4.74 Å². The molecule has 1 amide bonds. The third kappa shape index (κ3) is 4.69. The van der Waals surface area contributed by atoms with Crippen molar-refractivity contribution in [2.24, 2.45) is 0 Å². The molecule has 3 rings (SSSR count). The molecule has 0 bridgehead atoms. The van der Waals surface area contributed by atoms with Crippen LogP contribution in [0.3, 0.4) is 0 Å². The highest BCUT2D eigenvalue weighted by molar-refractivity contribution is 9.10. The Morgan fingerprint density at radius 2 is 2.00 bits per heavy atom. The molecule has 0 saturated heterocycles. The zero-order valence-electron chi connectivity index (χ0n) is 13.9. The van der Waals surface area contributed by atoms with E-state index < -0.39 is 0 Å². The summed E-state index contributed by atoms with van der Waals surface area (Å²) in [7, 11) is 0. The van der Waals surface area contributed by atoms with Gasteiger partial charge in [-0.15, -0.1) is 0 Å². The highest BCUT2D eigenvalue weighted by Crippen LogP contribution is 2.19. The molecular formula is C17H18BrN5O2. The standard InChI is InChI=1S/C17H18BrN5O2/c1-12-3-4-16(13(2)5-12)25-11-23-9-15(7-20-23)21-17(24)10-22-8-14(18)6-19-22/h3-9H,10-11H2,1-2H3,(H,21,24). The number of aryl methyl sites for hydroxylation is 2. The summed E-state index contributed by atoms with van der Waals surface area (Å²) in [5.74, 6) is 0.640. The molecule has 0 atom stereocenters. The molecule has 130 valence electrons. The predicted octanol–water partition coefficient (Wildman–Crippen LogP) is 3.13. The molecule has 0 unspecified atom stereocenters. The molecule has 0 aliphatic heterocycles. The number of ether oxygens (including phenoxy) is 1. The van der Waals surface area contributed by atoms with Crippen molar-refractivity contribution in [3.05, 3.63) is 58.6 Å². The van der Waals surface area contributed by atoms with Crippen LogP contribution in [-0.4, -0.2) is 25.5 Å². The topological polar surface area (TPSA) is 74.0 Å². The van der Waals surface area contributed by atoms with E-state index in [0.717, 1.165) is 15.8 Å². The van der Waals surface area contributed by atoms with Crippen LogP contribution in [0, 0.1) is 13.8 Å². The molecule has 0 aliphatic carbocycles. The first-order valence-electron chi connectivity index (χ1n) is 7.70. The average molecular weight is 404 g/mol. The van der Waals surface area contributed by atoms with Gasteiger partial charge in [-0.1, -0.05) is 17.7 Å². The lowest BCUT2D eigenvalue weighted by Gasteiger charge is -2.09. The Kier molecular flexibility index (Phi) is 5.18. The molecule has 1 aromatic carbocycles. The van der Waals surface area contributed by atoms with Crippen molar-refractivity contribution in [2.45, 2.75) is 27.1 Å². The number of benzene rings is 1. The number of carbonyl (C=O) groups is 1. The zero-order chi connectivity index (χ0) is 17.8. The lowest BCUT2D eigenvalue weighted by Crippen LogP contribution is -2.18. The Bertz CT molecular complexity index is 887. The fourth-order valence-corrected chi connectivity index (χ4v) is 2.70. The van der Waals surface area contributed by atoms with Gasteiger partial charge in [-0.25, -0.2) is 4.68 Å². The summed E-state index contributed by atoms with van der Waals surface area (Å²) in [5, 5.41) is 11.0. The molecule has 0 spiro atoms. The normalized spacial score (nSPS) is 10.7. The molecule has 2 aromatic heterocycles. The summed E-state index contributed by atoms with van der Waals surface area (Å²) >= 11 is 3.30. The van der Waals surface area contributed by atoms with Gasteiger partial charge in [0.1, 0.15) is 12.3 Å². The summed E-state index contributed by atoms with van der Waals surface area (Å²) in [6, 6.07) is 6.02. The van der Waals surface area contributed by atoms with Gasteiger partial charge in [0, 0.05) is 6.20 Å². The Balaban J connectivity index is 1.54. The van der Waals surface area contributed by atoms with Gasteiger partial charge in [0.05, 0.1) is 28.8 Å². The first-order chi connectivity index (χ1) is 12.0. The van der Waals surface area contributed by atoms with E-state index in [-0.39, 0.29) is 19.2 Å². The number of carbonyl (C=O) groups excluding carboxylic acids is 1. The van der Waals surface area contributed by atoms with E-state index in [1.807, 2.05) is 26.0 Å². The molecule has 0 aliphatic rings. The average Bonchev–Trinajstić information content (AvgIpc) is 3.15. The van der Waals surface area contributed by atoms with Crippen molar-refractivity contribution in [1.82, 2.24) is 19.6 Å². The fourth-order valence-electron chi connectivity index (χ4n) is 2.37. The Morgan fingerprint density at radius 1 is 1.20 bits per heavy atom. The van der Waals surface area contributed by atoms with E-state index in [0.29, 0.717) is 5.69 Å². The molecule has 0 fully saturated rings. The first-order valence-corrected chi connectivity index (χ1v) is 8.49. The number of anilines is 1. The van der Waals surface area contributed by atoms with Crippen LogP contribution in [0.5, 0.6) is 5.75 Å². The summed E-state index contributed by atoms with van der Waals surface area (Å²) in [6.45, 7) is 4.45. The molecule has 1 N–H and O–H groups in total. The van der Waals surface area contributed by atoms with Crippen molar-refractivity contribution in [3.8, 4) is 5.75 Å². The van der Waals surface area contributed by atoms with E-state index in [1.54, 1.807) is 34.2 Å². The molecular weight excluding hydrogens is 386 g/mol. The van der Waals surface area contributed by atoms with Gasteiger partial charge in [0.2, 0.25) is 5.91 Å². The maximum atomic E-state index is 12.0. The number of nitrogens with one attached hydrogen (secondary N) is 1. The van der Waals surface area contributed by atoms with Crippen LogP contribution in [0.15, 0.2) is 47.5 Å². The zero-order valence-corrected chi connectivity index (χ0v) is 15.5. The highest BCUT2D eigenvalue weighted by Gasteiger charge is 2.07. The van der Waals surface area contributed by atoms with Crippen LogP contribution in [0.1, 0.15) is 11.1 Å². The fraction of sp³-hybridized carbons (Fsp3) is 0.235. The number of halogens is 1. The van der Waals surface area contributed by atoms with Gasteiger partial charge in [-0.2, -0.15) is 10.2 Å². The summed E-state index contributed by atoms with van der Waals surface area (Å²) in [6.07, 6.45) is 6.68. The summed E-state index contributed by atoms with van der Waals surface area (Å²) in [4.78, 5) is 12.0. The monoisotopic (exact) mass is 403 g/mol. The predicted molar refractivity (Wildman–Crippen MR) is 97.3 cm³/mol. The minimum Gasteiger partial charge on any atom is -0.471 e. The summed E-state index contributed by atoms with van der Waals surface area (Å²) < 4.78 is 9.77. The number of aromatic nitrogens is 4. The SMILES string of the molecule is Cc1ccc(OCn2cc(NC(=O)Cn3cc(Br)cn3)cn2)c(C)c1. The molecule has 0 radical (unpaired) electrons. The van der Waals surface area contributed by atoms with E-state index >= 15 is 0 Å². The smallest absolute Gasteiger partial charge is 0.246 e. The van der Waals surface area contributed by atoms with Crippen LogP contribution in [-0.2, 0) is 18.1 Å². The van der Waals surface area contributed by atoms with Gasteiger partial charge >= 0.3 is 0 Å². The van der Waals surface area contributed by atoms with Gasteiger partial charge in [0.25, 0.3) is 0 Å². The van der Waals surface area contributed by atoms with E-state index in [1.165, 1.54) is 5.56 Å². The largest absolute Gasteiger partial charge is 0.471 e. The second-order valence-electron chi connectivity index (χ2n) is 5.72.